The molecule has 0 atom stereocenters. The molecule has 1 amide bonds. The third-order valence-corrected chi connectivity index (χ3v) is 3.18. The Hall–Kier alpha value is -2.30. The van der Waals surface area contributed by atoms with Crippen molar-refractivity contribution in [1.82, 2.24) is 10.2 Å². The Bertz CT molecular complexity index is 609. The fraction of sp³-hybridized carbons (Fsp3) is 0.375. The number of nitrogens with one attached hydrogen (secondary N) is 2. The van der Waals surface area contributed by atoms with Gasteiger partial charge in [-0.3, -0.25) is 9.89 Å². The molecule has 1 heterocycles. The van der Waals surface area contributed by atoms with Crippen LogP contribution in [-0.2, 0) is 16.6 Å². The van der Waals surface area contributed by atoms with Gasteiger partial charge in [0, 0.05) is 17.2 Å². The number of hydrogen-bond acceptors (Lipinski definition) is 3. The zero-order valence-corrected chi connectivity index (χ0v) is 12.9. The van der Waals surface area contributed by atoms with E-state index in [4.69, 9.17) is 4.74 Å². The van der Waals surface area contributed by atoms with Gasteiger partial charge in [0.1, 0.15) is 5.75 Å². The van der Waals surface area contributed by atoms with E-state index >= 15 is 0 Å². The summed E-state index contributed by atoms with van der Waals surface area (Å²) < 4.78 is 5.09. The van der Waals surface area contributed by atoms with Gasteiger partial charge in [-0.2, -0.15) is 5.10 Å². The number of hydrogen-bond donors (Lipinski definition) is 2. The molecular formula is C16H21N3O2. The van der Waals surface area contributed by atoms with Crippen molar-refractivity contribution in [1.29, 1.82) is 0 Å². The lowest BCUT2D eigenvalue weighted by atomic mass is 9.92. The van der Waals surface area contributed by atoms with Gasteiger partial charge in [0.05, 0.1) is 13.5 Å². The molecule has 0 spiro atoms. The monoisotopic (exact) mass is 287 g/mol. The van der Waals surface area contributed by atoms with Crippen molar-refractivity contribution in [3.8, 4) is 5.75 Å². The van der Waals surface area contributed by atoms with Gasteiger partial charge in [-0.1, -0.05) is 32.9 Å². The number of anilines is 1. The lowest BCUT2D eigenvalue weighted by Gasteiger charge is -2.14. The van der Waals surface area contributed by atoms with E-state index in [1.165, 1.54) is 0 Å². The van der Waals surface area contributed by atoms with Crippen LogP contribution in [0.1, 0.15) is 32.0 Å². The Kier molecular flexibility index (Phi) is 4.31. The van der Waals surface area contributed by atoms with E-state index in [1.54, 1.807) is 7.11 Å². The average Bonchev–Trinajstić information content (AvgIpc) is 2.88. The van der Waals surface area contributed by atoms with Gasteiger partial charge >= 0.3 is 0 Å². The first-order valence-corrected chi connectivity index (χ1v) is 6.87. The molecule has 0 aliphatic heterocycles. The number of nitrogens with zero attached hydrogens (tertiary/aromatic N) is 1. The molecule has 1 aromatic heterocycles. The normalized spacial score (nSPS) is 11.2. The fourth-order valence-corrected chi connectivity index (χ4v) is 1.89. The van der Waals surface area contributed by atoms with Crippen LogP contribution >= 0.6 is 0 Å². The van der Waals surface area contributed by atoms with Crippen LogP contribution in [0, 0.1) is 0 Å². The van der Waals surface area contributed by atoms with Crippen LogP contribution in [0.4, 0.5) is 5.82 Å². The Morgan fingerprint density at radius 3 is 2.48 bits per heavy atom. The maximum absolute atomic E-state index is 12.0. The van der Waals surface area contributed by atoms with E-state index in [9.17, 15) is 4.79 Å². The number of ether oxygens (including phenoxy) is 1. The van der Waals surface area contributed by atoms with Gasteiger partial charge < -0.3 is 10.1 Å². The minimum atomic E-state index is -0.0906. The second-order valence-corrected chi connectivity index (χ2v) is 5.99. The zero-order chi connectivity index (χ0) is 15.5. The van der Waals surface area contributed by atoms with Gasteiger partial charge in [-0.25, -0.2) is 0 Å². The number of amides is 1. The first-order chi connectivity index (χ1) is 9.88. The van der Waals surface area contributed by atoms with Gasteiger partial charge in [-0.15, -0.1) is 0 Å². The maximum atomic E-state index is 12.0. The van der Waals surface area contributed by atoms with Gasteiger partial charge in [0.15, 0.2) is 5.82 Å². The van der Waals surface area contributed by atoms with Crippen molar-refractivity contribution >= 4 is 11.7 Å². The summed E-state index contributed by atoms with van der Waals surface area (Å²) in [7, 11) is 1.62. The smallest absolute Gasteiger partial charge is 0.229 e. The highest BCUT2D eigenvalue weighted by molar-refractivity contribution is 5.91. The quantitative estimate of drug-likeness (QED) is 0.908. The van der Waals surface area contributed by atoms with Gasteiger partial charge in [0.2, 0.25) is 5.91 Å². The Morgan fingerprint density at radius 1 is 1.29 bits per heavy atom. The average molecular weight is 287 g/mol. The van der Waals surface area contributed by atoms with Crippen LogP contribution in [0.25, 0.3) is 0 Å². The molecule has 5 heteroatoms. The van der Waals surface area contributed by atoms with Crippen molar-refractivity contribution in [2.24, 2.45) is 0 Å². The number of carbonyl (C=O) groups is 1. The number of rotatable bonds is 4. The Morgan fingerprint density at radius 2 is 1.95 bits per heavy atom. The van der Waals surface area contributed by atoms with E-state index in [0.29, 0.717) is 12.2 Å². The molecule has 2 aromatic rings. The van der Waals surface area contributed by atoms with Crippen LogP contribution in [0.2, 0.25) is 0 Å². The largest absolute Gasteiger partial charge is 0.497 e. The Labute approximate surface area is 124 Å². The summed E-state index contributed by atoms with van der Waals surface area (Å²) in [6.45, 7) is 6.26. The summed E-state index contributed by atoms with van der Waals surface area (Å²) in [6, 6.07) is 9.31. The van der Waals surface area contributed by atoms with Crippen molar-refractivity contribution in [3.63, 3.8) is 0 Å². The minimum absolute atomic E-state index is 0.0219. The summed E-state index contributed by atoms with van der Waals surface area (Å²) in [4.78, 5) is 12.0. The summed E-state index contributed by atoms with van der Waals surface area (Å²) >= 11 is 0. The van der Waals surface area contributed by atoms with E-state index < -0.39 is 0 Å². The SMILES string of the molecule is COc1ccc(CC(=O)Nc2cc(C(C)(C)C)[nH]n2)cc1. The number of carbonyl (C=O) groups excluding carboxylic acids is 1. The molecule has 1 aromatic carbocycles. The molecule has 2 N–H and O–H groups in total. The van der Waals surface area contributed by atoms with Crippen molar-refractivity contribution in [2.75, 3.05) is 12.4 Å². The summed E-state index contributed by atoms with van der Waals surface area (Å²) in [5.41, 5.74) is 1.90. The topological polar surface area (TPSA) is 67.0 Å². The molecule has 2 rings (SSSR count). The molecule has 112 valence electrons. The van der Waals surface area contributed by atoms with Crippen LogP contribution in [0.3, 0.4) is 0 Å². The summed E-state index contributed by atoms with van der Waals surface area (Å²) in [5.74, 6) is 1.24. The van der Waals surface area contributed by atoms with E-state index in [1.807, 2.05) is 30.3 Å². The standard InChI is InChI=1S/C16H21N3O2/c1-16(2,3)13-10-14(19-18-13)17-15(20)9-11-5-7-12(21-4)8-6-11/h5-8,10H,9H2,1-4H3,(H2,17,18,19,20). The lowest BCUT2D eigenvalue weighted by Crippen LogP contribution is -2.14. The van der Waals surface area contributed by atoms with Crippen molar-refractivity contribution in [2.45, 2.75) is 32.6 Å². The van der Waals surface area contributed by atoms with E-state index in [2.05, 4.69) is 36.3 Å². The molecule has 0 aliphatic rings. The Balaban J connectivity index is 1.96. The van der Waals surface area contributed by atoms with Gasteiger partial charge in [-0.05, 0) is 17.7 Å². The maximum Gasteiger partial charge on any atom is 0.229 e. The molecule has 0 aliphatic carbocycles. The molecule has 21 heavy (non-hydrogen) atoms. The zero-order valence-electron chi connectivity index (χ0n) is 12.9. The van der Waals surface area contributed by atoms with Crippen LogP contribution in [0.15, 0.2) is 30.3 Å². The molecule has 0 unspecified atom stereocenters. The van der Waals surface area contributed by atoms with E-state index in [0.717, 1.165) is 17.0 Å². The van der Waals surface area contributed by atoms with Crippen molar-refractivity contribution < 1.29 is 9.53 Å². The summed E-state index contributed by atoms with van der Waals surface area (Å²) in [5, 5.41) is 9.86. The highest BCUT2D eigenvalue weighted by atomic mass is 16.5. The van der Waals surface area contributed by atoms with E-state index in [-0.39, 0.29) is 11.3 Å². The summed E-state index contributed by atoms with van der Waals surface area (Å²) in [6.07, 6.45) is 0.307. The number of methoxy groups -OCH3 is 1. The third-order valence-electron chi connectivity index (χ3n) is 3.18. The molecular weight excluding hydrogens is 266 g/mol. The molecule has 0 radical (unpaired) electrons. The molecule has 0 fully saturated rings. The minimum Gasteiger partial charge on any atom is -0.497 e. The molecule has 0 saturated carbocycles. The molecule has 5 nitrogen and oxygen atoms in total. The first kappa shape index (κ1) is 15.1. The number of aromatic amines is 1. The van der Waals surface area contributed by atoms with Crippen LogP contribution in [0.5, 0.6) is 5.75 Å². The van der Waals surface area contributed by atoms with Crippen LogP contribution in [-0.4, -0.2) is 23.2 Å². The highest BCUT2D eigenvalue weighted by Gasteiger charge is 2.17. The number of benzene rings is 1. The molecule has 0 saturated heterocycles. The highest BCUT2D eigenvalue weighted by Crippen LogP contribution is 2.22. The number of H-pyrrole nitrogens is 1. The molecule has 0 bridgehead atoms. The second-order valence-electron chi connectivity index (χ2n) is 5.99. The predicted octanol–water partition coefficient (Wildman–Crippen LogP) is 2.90. The number of aromatic nitrogens is 2. The third kappa shape index (κ3) is 4.08. The lowest BCUT2D eigenvalue weighted by molar-refractivity contribution is -0.115. The van der Waals surface area contributed by atoms with Gasteiger partial charge in [0.25, 0.3) is 0 Å². The van der Waals surface area contributed by atoms with Crippen LogP contribution < -0.4 is 10.1 Å². The van der Waals surface area contributed by atoms with Crippen molar-refractivity contribution in [3.05, 3.63) is 41.6 Å². The fourth-order valence-electron chi connectivity index (χ4n) is 1.89. The first-order valence-electron chi connectivity index (χ1n) is 6.87. The second kappa shape index (κ2) is 5.99. The predicted molar refractivity (Wildman–Crippen MR) is 82.6 cm³/mol.